The van der Waals surface area contributed by atoms with Crippen molar-refractivity contribution < 1.29 is 19.1 Å². The van der Waals surface area contributed by atoms with Gasteiger partial charge in [0.05, 0.1) is 24.1 Å². The fourth-order valence-corrected chi connectivity index (χ4v) is 4.57. The van der Waals surface area contributed by atoms with Crippen LogP contribution in [0.15, 0.2) is 24.3 Å². The maximum absolute atomic E-state index is 12.6. The first-order valence-electron chi connectivity index (χ1n) is 10.3. The summed E-state index contributed by atoms with van der Waals surface area (Å²) in [4.78, 5) is 44.1. The van der Waals surface area contributed by atoms with Gasteiger partial charge in [0.15, 0.2) is 10.9 Å². The van der Waals surface area contributed by atoms with Crippen LogP contribution >= 0.6 is 11.3 Å². The number of hydrogen-bond donors (Lipinski definition) is 3. The topological polar surface area (TPSA) is 113 Å². The van der Waals surface area contributed by atoms with Gasteiger partial charge in [0.1, 0.15) is 5.69 Å². The van der Waals surface area contributed by atoms with Crippen LogP contribution in [0.2, 0.25) is 0 Å². The highest BCUT2D eigenvalue weighted by molar-refractivity contribution is 7.19. The predicted molar refractivity (Wildman–Crippen MR) is 118 cm³/mol. The normalized spacial score (nSPS) is 19.1. The molecule has 3 N–H and O–H groups in total. The van der Waals surface area contributed by atoms with Crippen molar-refractivity contribution in [2.24, 2.45) is 0 Å². The Balaban J connectivity index is 1.52. The first kappa shape index (κ1) is 21.6. The Morgan fingerprint density at radius 3 is 2.55 bits per heavy atom. The Morgan fingerprint density at radius 1 is 1.16 bits per heavy atom. The molecule has 164 valence electrons. The number of Topliss-reactive ketones (excluding diaryl/α,β-unsaturated/α-hetero) is 1. The molecule has 0 radical (unpaired) electrons. The molecule has 0 bridgehead atoms. The molecule has 0 saturated carbocycles. The highest BCUT2D eigenvalue weighted by Crippen LogP contribution is 2.34. The molecular formula is C21H25N5O4S. The minimum absolute atomic E-state index is 0.0347. The molecule has 2 aromatic rings. The number of thiazole rings is 1. The van der Waals surface area contributed by atoms with Crippen molar-refractivity contribution >= 4 is 34.1 Å². The van der Waals surface area contributed by atoms with E-state index < -0.39 is 0 Å². The number of nitrogens with zero attached hydrogens (tertiary/aromatic N) is 2. The summed E-state index contributed by atoms with van der Waals surface area (Å²) in [5.41, 5.74) is 1.67. The van der Waals surface area contributed by atoms with Crippen molar-refractivity contribution in [3.05, 3.63) is 35.5 Å². The Kier molecular flexibility index (Phi) is 6.71. The first-order valence-corrected chi connectivity index (χ1v) is 11.1. The molecule has 9 nitrogen and oxygen atoms in total. The second kappa shape index (κ2) is 9.65. The zero-order valence-electron chi connectivity index (χ0n) is 17.3. The fourth-order valence-electron chi connectivity index (χ4n) is 3.55. The minimum Gasteiger partial charge on any atom is -0.378 e. The van der Waals surface area contributed by atoms with Crippen molar-refractivity contribution in [1.29, 1.82) is 0 Å². The van der Waals surface area contributed by atoms with Crippen molar-refractivity contribution in [3.8, 4) is 10.4 Å². The number of ketones is 1. The fraction of sp³-hybridized carbons (Fsp3) is 0.429. The number of rotatable bonds is 5. The molecule has 0 spiro atoms. The largest absolute Gasteiger partial charge is 0.378 e. The van der Waals surface area contributed by atoms with Gasteiger partial charge in [-0.25, -0.2) is 4.98 Å². The number of benzene rings is 1. The van der Waals surface area contributed by atoms with Gasteiger partial charge < -0.3 is 25.6 Å². The molecule has 1 aromatic carbocycles. The van der Waals surface area contributed by atoms with Crippen molar-refractivity contribution in [2.45, 2.75) is 13.0 Å². The highest BCUT2D eigenvalue weighted by Gasteiger charge is 2.24. The third-order valence-corrected chi connectivity index (χ3v) is 6.26. The smallest absolute Gasteiger partial charge is 0.254 e. The third kappa shape index (κ3) is 4.99. The second-order valence-corrected chi connectivity index (χ2v) is 8.43. The van der Waals surface area contributed by atoms with Gasteiger partial charge in [-0.2, -0.15) is 0 Å². The van der Waals surface area contributed by atoms with E-state index in [2.05, 4.69) is 20.9 Å². The first-order chi connectivity index (χ1) is 15.0. The van der Waals surface area contributed by atoms with E-state index in [1.54, 1.807) is 17.0 Å². The van der Waals surface area contributed by atoms with Crippen LogP contribution in [0.25, 0.3) is 10.4 Å². The molecule has 1 atom stereocenters. The van der Waals surface area contributed by atoms with E-state index >= 15 is 0 Å². The zero-order chi connectivity index (χ0) is 21.8. The maximum Gasteiger partial charge on any atom is 0.254 e. The standard InChI is InChI=1S/C21H25N5O4S/c1-13(27)17-18(31-21(24-17)25-19(28)16-12-22-6-7-23-16)14-2-4-15(5-3-14)20(29)26-8-10-30-11-9-26/h2-5,16,22-23H,6-12H2,1H3,(H,24,25,28)/t16-/m1/s1. The lowest BCUT2D eigenvalue weighted by Crippen LogP contribution is -2.54. The average Bonchev–Trinajstić information content (AvgIpc) is 3.24. The summed E-state index contributed by atoms with van der Waals surface area (Å²) in [6.45, 7) is 5.80. The number of carbonyl (C=O) groups is 3. The molecule has 2 amide bonds. The Labute approximate surface area is 184 Å². The molecule has 0 aliphatic carbocycles. The van der Waals surface area contributed by atoms with Gasteiger partial charge in [-0.1, -0.05) is 23.5 Å². The van der Waals surface area contributed by atoms with E-state index in [0.717, 1.165) is 18.7 Å². The molecular weight excluding hydrogens is 418 g/mol. The monoisotopic (exact) mass is 443 g/mol. The van der Waals surface area contributed by atoms with Crippen LogP contribution in [0.1, 0.15) is 27.8 Å². The molecule has 2 saturated heterocycles. The molecule has 2 aliphatic rings. The molecule has 0 unspecified atom stereocenters. The number of morpholine rings is 1. The van der Waals surface area contributed by atoms with Crippen molar-refractivity contribution in [1.82, 2.24) is 20.5 Å². The van der Waals surface area contributed by atoms with E-state index in [1.807, 2.05) is 12.1 Å². The van der Waals surface area contributed by atoms with Gasteiger partial charge in [0, 0.05) is 45.2 Å². The van der Waals surface area contributed by atoms with Gasteiger partial charge >= 0.3 is 0 Å². The van der Waals surface area contributed by atoms with E-state index in [4.69, 9.17) is 4.74 Å². The van der Waals surface area contributed by atoms with Crippen LogP contribution in [0.5, 0.6) is 0 Å². The molecule has 2 fully saturated rings. The third-order valence-electron chi connectivity index (χ3n) is 5.24. The molecule has 10 heteroatoms. The predicted octanol–water partition coefficient (Wildman–Crippen LogP) is 0.985. The highest BCUT2D eigenvalue weighted by atomic mass is 32.1. The van der Waals surface area contributed by atoms with Crippen LogP contribution in [-0.4, -0.2) is 79.5 Å². The second-order valence-electron chi connectivity index (χ2n) is 7.43. The average molecular weight is 444 g/mol. The number of ether oxygens (including phenoxy) is 1. The molecule has 1 aromatic heterocycles. The molecule has 3 heterocycles. The zero-order valence-corrected chi connectivity index (χ0v) is 18.1. The van der Waals surface area contributed by atoms with Gasteiger partial charge in [0.25, 0.3) is 5.91 Å². The lowest BCUT2D eigenvalue weighted by Gasteiger charge is -2.26. The Bertz CT molecular complexity index is 963. The van der Waals surface area contributed by atoms with Crippen LogP contribution in [0.3, 0.4) is 0 Å². The Hall–Kier alpha value is -2.66. The van der Waals surface area contributed by atoms with Gasteiger partial charge in [-0.15, -0.1) is 0 Å². The molecule has 2 aliphatic heterocycles. The van der Waals surface area contributed by atoms with Crippen LogP contribution in [0, 0.1) is 0 Å². The van der Waals surface area contributed by atoms with E-state index in [9.17, 15) is 14.4 Å². The number of piperazine rings is 1. The van der Waals surface area contributed by atoms with Gasteiger partial charge in [-0.05, 0) is 17.7 Å². The minimum atomic E-state index is -0.340. The summed E-state index contributed by atoms with van der Waals surface area (Å²) in [5, 5.41) is 9.51. The number of anilines is 1. The number of aromatic nitrogens is 1. The number of amides is 2. The summed E-state index contributed by atoms with van der Waals surface area (Å²) in [6, 6.07) is 6.80. The number of nitrogens with one attached hydrogen (secondary N) is 3. The van der Waals surface area contributed by atoms with Crippen molar-refractivity contribution in [2.75, 3.05) is 51.3 Å². The van der Waals surface area contributed by atoms with Crippen LogP contribution in [-0.2, 0) is 9.53 Å². The van der Waals surface area contributed by atoms with Gasteiger partial charge in [0.2, 0.25) is 5.91 Å². The summed E-state index contributed by atoms with van der Waals surface area (Å²) >= 11 is 1.25. The lowest BCUT2D eigenvalue weighted by atomic mass is 10.1. The Morgan fingerprint density at radius 2 is 1.90 bits per heavy atom. The van der Waals surface area contributed by atoms with E-state index in [0.29, 0.717) is 54.1 Å². The van der Waals surface area contributed by atoms with Crippen molar-refractivity contribution in [3.63, 3.8) is 0 Å². The summed E-state index contributed by atoms with van der Waals surface area (Å²) in [6.07, 6.45) is 0. The quantitative estimate of drug-likeness (QED) is 0.591. The van der Waals surface area contributed by atoms with E-state index in [1.165, 1.54) is 18.3 Å². The molecule has 4 rings (SSSR count). The summed E-state index contributed by atoms with van der Waals surface area (Å²) < 4.78 is 5.30. The lowest BCUT2D eigenvalue weighted by molar-refractivity contribution is -0.118. The number of hydrogen-bond acceptors (Lipinski definition) is 8. The summed E-state index contributed by atoms with van der Waals surface area (Å²) in [7, 11) is 0. The SMILES string of the molecule is CC(=O)c1nc(NC(=O)[C@H]2CNCCN2)sc1-c1ccc(C(=O)N2CCOCC2)cc1. The molecule has 31 heavy (non-hydrogen) atoms. The van der Waals surface area contributed by atoms with E-state index in [-0.39, 0.29) is 23.6 Å². The maximum atomic E-state index is 12.6. The summed E-state index contributed by atoms with van der Waals surface area (Å²) in [5.74, 6) is -0.403. The number of carbonyl (C=O) groups excluding carboxylic acids is 3. The van der Waals surface area contributed by atoms with Crippen LogP contribution < -0.4 is 16.0 Å². The van der Waals surface area contributed by atoms with Gasteiger partial charge in [-0.3, -0.25) is 14.4 Å². The van der Waals surface area contributed by atoms with Crippen LogP contribution in [0.4, 0.5) is 5.13 Å².